The van der Waals surface area contributed by atoms with E-state index in [1.807, 2.05) is 0 Å². The molecule has 0 aromatic heterocycles. The van der Waals surface area contributed by atoms with Crippen LogP contribution in [0, 0.1) is 5.41 Å². The van der Waals surface area contributed by atoms with Crippen molar-refractivity contribution in [1.29, 1.82) is 0 Å². The van der Waals surface area contributed by atoms with Gasteiger partial charge in [0, 0.05) is 13.0 Å². The molecule has 3 fully saturated rings. The van der Waals surface area contributed by atoms with Gasteiger partial charge in [-0.05, 0) is 25.7 Å². The molecule has 1 aliphatic carbocycles. The Hall–Kier alpha value is -0.610. The maximum Gasteiger partial charge on any atom is 0.231 e. The van der Waals surface area contributed by atoms with Crippen LogP contribution in [0.2, 0.25) is 0 Å². The molecule has 2 heterocycles. The molecule has 1 N–H and O–H groups in total. The van der Waals surface area contributed by atoms with E-state index < -0.39 is 5.79 Å². The Morgan fingerprint density at radius 2 is 1.80 bits per heavy atom. The largest absolute Gasteiger partial charge is 0.355 e. The highest BCUT2D eigenvalue weighted by molar-refractivity contribution is 5.85. The maximum atomic E-state index is 12.1. The summed E-state index contributed by atoms with van der Waals surface area (Å²) in [4.78, 5) is 12.1. The number of nitrogens with one attached hydrogen (secondary N) is 1. The first kappa shape index (κ1) is 9.60. The summed E-state index contributed by atoms with van der Waals surface area (Å²) < 4.78 is 11.6. The summed E-state index contributed by atoms with van der Waals surface area (Å²) >= 11 is 0. The number of ether oxygens (including phenoxy) is 2. The number of rotatable bonds is 0. The highest BCUT2D eigenvalue weighted by Crippen LogP contribution is 2.55. The summed E-state index contributed by atoms with van der Waals surface area (Å²) in [6.45, 7) is 2.07. The van der Waals surface area contributed by atoms with Crippen LogP contribution in [0.25, 0.3) is 0 Å². The van der Waals surface area contributed by atoms with E-state index in [0.29, 0.717) is 13.2 Å². The molecule has 0 aromatic rings. The van der Waals surface area contributed by atoms with Gasteiger partial charge in [-0.15, -0.1) is 0 Å². The zero-order chi connectivity index (χ0) is 10.4. The highest BCUT2D eigenvalue weighted by Gasteiger charge is 2.63. The fourth-order valence-electron chi connectivity index (χ4n) is 3.40. The number of carbonyl (C=O) groups excluding carboxylic acids is 1. The molecule has 2 spiro atoms. The van der Waals surface area contributed by atoms with Crippen molar-refractivity contribution in [2.75, 3.05) is 19.8 Å². The predicted octanol–water partition coefficient (Wildman–Crippen LogP) is 0.810. The zero-order valence-corrected chi connectivity index (χ0v) is 8.88. The molecule has 84 valence electrons. The van der Waals surface area contributed by atoms with Gasteiger partial charge in [0.05, 0.1) is 13.2 Å². The average molecular weight is 211 g/mol. The summed E-state index contributed by atoms with van der Waals surface area (Å²) in [7, 11) is 0. The van der Waals surface area contributed by atoms with Gasteiger partial charge in [-0.25, -0.2) is 0 Å². The highest BCUT2D eigenvalue weighted by atomic mass is 16.7. The average Bonchev–Trinajstić information content (AvgIpc) is 2.83. The van der Waals surface area contributed by atoms with E-state index in [9.17, 15) is 4.79 Å². The zero-order valence-electron chi connectivity index (χ0n) is 8.88. The molecule has 0 radical (unpaired) electrons. The van der Waals surface area contributed by atoms with Crippen molar-refractivity contribution < 1.29 is 14.3 Å². The van der Waals surface area contributed by atoms with E-state index in [2.05, 4.69) is 5.32 Å². The minimum Gasteiger partial charge on any atom is -0.355 e. The van der Waals surface area contributed by atoms with Crippen molar-refractivity contribution >= 4 is 5.91 Å². The molecule has 0 aromatic carbocycles. The quantitative estimate of drug-likeness (QED) is 0.645. The lowest BCUT2D eigenvalue weighted by Crippen LogP contribution is -2.57. The molecule has 15 heavy (non-hydrogen) atoms. The molecule has 4 heteroatoms. The van der Waals surface area contributed by atoms with Gasteiger partial charge in [0.15, 0.2) is 5.79 Å². The standard InChI is InChI=1S/C11H17NO3/c13-9-10(4-2-6-12-9)3-1-5-11(10)14-7-8-15-11/h1-8H2,(H,12,13)/t10-/m1/s1. The first-order chi connectivity index (χ1) is 7.29. The molecule has 0 bridgehead atoms. The molecule has 3 rings (SSSR count). The van der Waals surface area contributed by atoms with Crippen LogP contribution < -0.4 is 5.32 Å². The van der Waals surface area contributed by atoms with E-state index in [1.165, 1.54) is 0 Å². The molecule has 1 amide bonds. The SMILES string of the molecule is O=C1NCCC[C@]12CCCC21OCCO1. The van der Waals surface area contributed by atoms with Gasteiger partial charge < -0.3 is 14.8 Å². The van der Waals surface area contributed by atoms with E-state index in [1.54, 1.807) is 0 Å². The fraction of sp³-hybridized carbons (Fsp3) is 0.909. The van der Waals surface area contributed by atoms with Crippen LogP contribution in [0.4, 0.5) is 0 Å². The van der Waals surface area contributed by atoms with Gasteiger partial charge in [0.25, 0.3) is 0 Å². The second-order valence-electron chi connectivity index (χ2n) is 4.74. The topological polar surface area (TPSA) is 47.6 Å². The Balaban J connectivity index is 1.97. The number of fused-ring (bicyclic) bond motifs is 1. The lowest BCUT2D eigenvalue weighted by atomic mass is 9.74. The van der Waals surface area contributed by atoms with Crippen molar-refractivity contribution in [1.82, 2.24) is 5.32 Å². The van der Waals surface area contributed by atoms with Crippen LogP contribution in [-0.4, -0.2) is 31.5 Å². The molecule has 3 aliphatic rings. The smallest absolute Gasteiger partial charge is 0.231 e. The molecule has 1 saturated carbocycles. The summed E-state index contributed by atoms with van der Waals surface area (Å²) in [6.07, 6.45) is 4.78. The molecule has 2 saturated heterocycles. The van der Waals surface area contributed by atoms with Gasteiger partial charge in [-0.1, -0.05) is 0 Å². The normalized spacial score (nSPS) is 38.8. The third-order valence-electron chi connectivity index (χ3n) is 4.09. The number of amides is 1. The number of carbonyl (C=O) groups is 1. The van der Waals surface area contributed by atoms with Gasteiger partial charge in [-0.2, -0.15) is 0 Å². The molecule has 0 unspecified atom stereocenters. The van der Waals surface area contributed by atoms with Crippen LogP contribution in [0.15, 0.2) is 0 Å². The van der Waals surface area contributed by atoms with E-state index >= 15 is 0 Å². The lowest BCUT2D eigenvalue weighted by Gasteiger charge is -2.42. The molecular formula is C11H17NO3. The van der Waals surface area contributed by atoms with E-state index in [0.717, 1.165) is 38.6 Å². The third-order valence-corrected chi connectivity index (χ3v) is 4.09. The Morgan fingerprint density at radius 1 is 1.07 bits per heavy atom. The molecular weight excluding hydrogens is 194 g/mol. The van der Waals surface area contributed by atoms with Gasteiger partial charge in [-0.3, -0.25) is 4.79 Å². The minimum atomic E-state index is -0.586. The molecule has 1 atom stereocenters. The Morgan fingerprint density at radius 3 is 2.53 bits per heavy atom. The first-order valence-corrected chi connectivity index (χ1v) is 5.85. The van der Waals surface area contributed by atoms with E-state index in [4.69, 9.17) is 9.47 Å². The maximum absolute atomic E-state index is 12.1. The summed E-state index contributed by atoms with van der Waals surface area (Å²) in [5.74, 6) is -0.439. The number of hydrogen-bond acceptors (Lipinski definition) is 3. The lowest BCUT2D eigenvalue weighted by molar-refractivity contribution is -0.224. The van der Waals surface area contributed by atoms with Gasteiger partial charge in [0.1, 0.15) is 5.41 Å². The Bertz CT molecular complexity index is 280. The van der Waals surface area contributed by atoms with Crippen LogP contribution in [0.1, 0.15) is 32.1 Å². The van der Waals surface area contributed by atoms with Crippen molar-refractivity contribution in [3.8, 4) is 0 Å². The van der Waals surface area contributed by atoms with Crippen LogP contribution in [-0.2, 0) is 14.3 Å². The number of hydrogen-bond donors (Lipinski definition) is 1. The van der Waals surface area contributed by atoms with Crippen LogP contribution >= 0.6 is 0 Å². The second kappa shape index (κ2) is 3.19. The first-order valence-electron chi connectivity index (χ1n) is 5.85. The Kier molecular flexibility index (Phi) is 2.04. The van der Waals surface area contributed by atoms with Gasteiger partial charge in [0.2, 0.25) is 5.91 Å². The van der Waals surface area contributed by atoms with Crippen molar-refractivity contribution in [2.45, 2.75) is 37.9 Å². The van der Waals surface area contributed by atoms with Crippen molar-refractivity contribution in [2.24, 2.45) is 5.41 Å². The molecule has 2 aliphatic heterocycles. The van der Waals surface area contributed by atoms with Crippen molar-refractivity contribution in [3.05, 3.63) is 0 Å². The summed E-state index contributed by atoms with van der Waals surface area (Å²) in [6, 6.07) is 0. The van der Waals surface area contributed by atoms with Crippen LogP contribution in [0.5, 0.6) is 0 Å². The Labute approximate surface area is 89.3 Å². The number of piperidine rings is 1. The third kappa shape index (κ3) is 1.12. The van der Waals surface area contributed by atoms with Crippen LogP contribution in [0.3, 0.4) is 0 Å². The van der Waals surface area contributed by atoms with Crippen molar-refractivity contribution in [3.63, 3.8) is 0 Å². The summed E-state index contributed by atoms with van der Waals surface area (Å²) in [5, 5.41) is 2.97. The van der Waals surface area contributed by atoms with Gasteiger partial charge >= 0.3 is 0 Å². The molecule has 4 nitrogen and oxygen atoms in total. The van der Waals surface area contributed by atoms with E-state index in [-0.39, 0.29) is 11.3 Å². The minimum absolute atomic E-state index is 0.146. The fourth-order valence-corrected chi connectivity index (χ4v) is 3.40. The summed E-state index contributed by atoms with van der Waals surface area (Å²) in [5.41, 5.74) is -0.387. The monoisotopic (exact) mass is 211 g/mol. The second-order valence-corrected chi connectivity index (χ2v) is 4.74. The predicted molar refractivity (Wildman–Crippen MR) is 53.2 cm³/mol.